The first-order valence-electron chi connectivity index (χ1n) is 8.92. The summed E-state index contributed by atoms with van der Waals surface area (Å²) in [5, 5.41) is 0. The molecule has 1 aliphatic rings. The fourth-order valence-electron chi connectivity index (χ4n) is 3.24. The molecule has 5 heteroatoms. The number of nitrogens with zero attached hydrogens (tertiary/aromatic N) is 1. The summed E-state index contributed by atoms with van der Waals surface area (Å²) in [6, 6.07) is 14.0. The van der Waals surface area contributed by atoms with E-state index in [0.29, 0.717) is 18.7 Å². The van der Waals surface area contributed by atoms with Crippen molar-refractivity contribution >= 4 is 5.91 Å². The second kappa shape index (κ2) is 8.81. The van der Waals surface area contributed by atoms with Crippen LogP contribution in [-0.2, 0) is 22.5 Å². The lowest BCUT2D eigenvalue weighted by atomic mass is 10.1. The number of amides is 1. The largest absolute Gasteiger partial charge is 0.496 e. The summed E-state index contributed by atoms with van der Waals surface area (Å²) in [7, 11) is 1.62. The molecule has 26 heavy (non-hydrogen) atoms. The van der Waals surface area contributed by atoms with Crippen LogP contribution in [-0.4, -0.2) is 37.2 Å². The molecular formula is C21H24FNO3. The zero-order valence-corrected chi connectivity index (χ0v) is 15.0. The maximum Gasteiger partial charge on any atom is 0.227 e. The minimum Gasteiger partial charge on any atom is -0.496 e. The second-order valence-electron chi connectivity index (χ2n) is 6.49. The van der Waals surface area contributed by atoms with Crippen molar-refractivity contribution in [2.45, 2.75) is 31.9 Å². The van der Waals surface area contributed by atoms with E-state index in [1.54, 1.807) is 30.2 Å². The standard InChI is InChI=1S/C21H24FNO3/c1-25-20-11-5-3-8-17(20)14-23(15-18-9-6-12-26-18)21(24)13-16-7-2-4-10-19(16)22/h2-5,7-8,10-11,18H,6,9,12-15H2,1H3. The molecular weight excluding hydrogens is 333 g/mol. The monoisotopic (exact) mass is 357 g/mol. The van der Waals surface area contributed by atoms with E-state index >= 15 is 0 Å². The van der Waals surface area contributed by atoms with E-state index in [1.165, 1.54) is 6.07 Å². The van der Waals surface area contributed by atoms with E-state index in [1.807, 2.05) is 24.3 Å². The molecule has 1 saturated heterocycles. The van der Waals surface area contributed by atoms with Gasteiger partial charge in [-0.1, -0.05) is 36.4 Å². The van der Waals surface area contributed by atoms with E-state index in [-0.39, 0.29) is 24.2 Å². The number of ether oxygens (including phenoxy) is 2. The van der Waals surface area contributed by atoms with Gasteiger partial charge >= 0.3 is 0 Å². The van der Waals surface area contributed by atoms with Crippen molar-refractivity contribution in [2.75, 3.05) is 20.3 Å². The molecule has 0 radical (unpaired) electrons. The van der Waals surface area contributed by atoms with Crippen molar-refractivity contribution in [2.24, 2.45) is 0 Å². The summed E-state index contributed by atoms with van der Waals surface area (Å²) in [5.41, 5.74) is 1.34. The third-order valence-corrected chi connectivity index (χ3v) is 4.65. The van der Waals surface area contributed by atoms with Gasteiger partial charge in [-0.15, -0.1) is 0 Å². The molecule has 2 aromatic rings. The molecule has 1 amide bonds. The van der Waals surface area contributed by atoms with Crippen LogP contribution in [0.25, 0.3) is 0 Å². The summed E-state index contributed by atoms with van der Waals surface area (Å²) >= 11 is 0. The molecule has 0 aliphatic carbocycles. The summed E-state index contributed by atoms with van der Waals surface area (Å²) < 4.78 is 25.1. The van der Waals surface area contributed by atoms with Gasteiger partial charge in [-0.25, -0.2) is 4.39 Å². The normalized spacial score (nSPS) is 16.5. The van der Waals surface area contributed by atoms with Crippen LogP contribution in [0, 0.1) is 5.82 Å². The van der Waals surface area contributed by atoms with Gasteiger partial charge in [0, 0.05) is 25.3 Å². The molecule has 1 atom stereocenters. The van der Waals surface area contributed by atoms with Gasteiger partial charge in [0.05, 0.1) is 19.6 Å². The number of methoxy groups -OCH3 is 1. The van der Waals surface area contributed by atoms with Gasteiger partial charge in [0.1, 0.15) is 11.6 Å². The molecule has 2 aromatic carbocycles. The van der Waals surface area contributed by atoms with Gasteiger partial charge in [0.25, 0.3) is 0 Å². The average molecular weight is 357 g/mol. The first-order chi connectivity index (χ1) is 12.7. The van der Waals surface area contributed by atoms with Gasteiger partial charge in [0.15, 0.2) is 0 Å². The van der Waals surface area contributed by atoms with E-state index in [9.17, 15) is 9.18 Å². The highest BCUT2D eigenvalue weighted by atomic mass is 19.1. The maximum absolute atomic E-state index is 13.9. The smallest absolute Gasteiger partial charge is 0.227 e. The molecule has 0 bridgehead atoms. The molecule has 0 aromatic heterocycles. The molecule has 0 spiro atoms. The third-order valence-electron chi connectivity index (χ3n) is 4.65. The highest BCUT2D eigenvalue weighted by molar-refractivity contribution is 5.79. The Labute approximate surface area is 153 Å². The molecule has 1 heterocycles. The minimum atomic E-state index is -0.352. The van der Waals surface area contributed by atoms with Gasteiger partial charge < -0.3 is 14.4 Å². The van der Waals surface area contributed by atoms with Crippen LogP contribution < -0.4 is 4.74 Å². The predicted octanol–water partition coefficient (Wildman–Crippen LogP) is 3.58. The molecule has 1 unspecified atom stereocenters. The summed E-state index contributed by atoms with van der Waals surface area (Å²) in [5.74, 6) is 0.273. The Morgan fingerprint density at radius 2 is 1.92 bits per heavy atom. The highest BCUT2D eigenvalue weighted by Crippen LogP contribution is 2.22. The summed E-state index contributed by atoms with van der Waals surface area (Å²) in [6.07, 6.45) is 2.02. The Morgan fingerprint density at radius 3 is 2.62 bits per heavy atom. The Bertz CT molecular complexity index is 744. The van der Waals surface area contributed by atoms with E-state index in [2.05, 4.69) is 0 Å². The molecule has 3 rings (SSSR count). The van der Waals surface area contributed by atoms with Crippen molar-refractivity contribution in [1.82, 2.24) is 4.90 Å². The molecule has 0 N–H and O–H groups in total. The highest BCUT2D eigenvalue weighted by Gasteiger charge is 2.24. The van der Waals surface area contributed by atoms with Crippen LogP contribution in [0.3, 0.4) is 0 Å². The van der Waals surface area contributed by atoms with Crippen molar-refractivity contribution in [1.29, 1.82) is 0 Å². The number of carbonyl (C=O) groups excluding carboxylic acids is 1. The number of benzene rings is 2. The van der Waals surface area contributed by atoms with E-state index < -0.39 is 0 Å². The molecule has 1 aliphatic heterocycles. The number of para-hydroxylation sites is 1. The van der Waals surface area contributed by atoms with Crippen molar-refractivity contribution in [3.8, 4) is 5.75 Å². The molecule has 138 valence electrons. The Morgan fingerprint density at radius 1 is 1.19 bits per heavy atom. The van der Waals surface area contributed by atoms with Crippen LogP contribution in [0.1, 0.15) is 24.0 Å². The number of carbonyl (C=O) groups is 1. The zero-order valence-electron chi connectivity index (χ0n) is 15.0. The average Bonchev–Trinajstić information content (AvgIpc) is 3.16. The van der Waals surface area contributed by atoms with E-state index in [0.717, 1.165) is 30.8 Å². The second-order valence-corrected chi connectivity index (χ2v) is 6.49. The van der Waals surface area contributed by atoms with E-state index in [4.69, 9.17) is 9.47 Å². The first-order valence-corrected chi connectivity index (χ1v) is 8.92. The molecule has 1 fully saturated rings. The molecule has 0 saturated carbocycles. The van der Waals surface area contributed by atoms with Crippen LogP contribution in [0.4, 0.5) is 4.39 Å². The van der Waals surface area contributed by atoms with Crippen LogP contribution in [0.2, 0.25) is 0 Å². The lowest BCUT2D eigenvalue weighted by molar-refractivity contribution is -0.132. The number of rotatable bonds is 7. The number of halogens is 1. The van der Waals surface area contributed by atoms with Crippen LogP contribution in [0.15, 0.2) is 48.5 Å². The predicted molar refractivity (Wildman–Crippen MR) is 97.5 cm³/mol. The minimum absolute atomic E-state index is 0.0363. The quantitative estimate of drug-likeness (QED) is 0.760. The maximum atomic E-state index is 13.9. The van der Waals surface area contributed by atoms with Gasteiger partial charge in [-0.2, -0.15) is 0 Å². The summed E-state index contributed by atoms with van der Waals surface area (Å²) in [4.78, 5) is 14.7. The fourth-order valence-corrected chi connectivity index (χ4v) is 3.24. The third kappa shape index (κ3) is 4.61. The lowest BCUT2D eigenvalue weighted by Crippen LogP contribution is -2.38. The van der Waals surface area contributed by atoms with Crippen molar-refractivity contribution < 1.29 is 18.7 Å². The SMILES string of the molecule is COc1ccccc1CN(CC1CCCO1)C(=O)Cc1ccccc1F. The Hall–Kier alpha value is -2.40. The number of hydrogen-bond donors (Lipinski definition) is 0. The topological polar surface area (TPSA) is 38.8 Å². The summed E-state index contributed by atoms with van der Waals surface area (Å²) in [6.45, 7) is 1.65. The number of hydrogen-bond acceptors (Lipinski definition) is 3. The fraction of sp³-hybridized carbons (Fsp3) is 0.381. The first kappa shape index (κ1) is 18.4. The van der Waals surface area contributed by atoms with Crippen molar-refractivity contribution in [3.63, 3.8) is 0 Å². The van der Waals surface area contributed by atoms with Crippen LogP contribution >= 0.6 is 0 Å². The van der Waals surface area contributed by atoms with Gasteiger partial charge in [-0.3, -0.25) is 4.79 Å². The van der Waals surface area contributed by atoms with Crippen LogP contribution in [0.5, 0.6) is 5.75 Å². The zero-order chi connectivity index (χ0) is 18.4. The molecule has 4 nitrogen and oxygen atoms in total. The van der Waals surface area contributed by atoms with Crippen molar-refractivity contribution in [3.05, 3.63) is 65.5 Å². The Balaban J connectivity index is 1.77. The van der Waals surface area contributed by atoms with Gasteiger partial charge in [-0.05, 0) is 30.5 Å². The van der Waals surface area contributed by atoms with Gasteiger partial charge in [0.2, 0.25) is 5.91 Å². The lowest BCUT2D eigenvalue weighted by Gasteiger charge is -2.26. The Kier molecular flexibility index (Phi) is 6.23.